The molecule has 126 valence electrons. The van der Waals surface area contributed by atoms with Gasteiger partial charge in [0.1, 0.15) is 18.1 Å². The quantitative estimate of drug-likeness (QED) is 0.717. The normalized spacial score (nSPS) is 11.4. The molecule has 0 radical (unpaired) electrons. The van der Waals surface area contributed by atoms with Crippen LogP contribution in [0.25, 0.3) is 0 Å². The predicted molar refractivity (Wildman–Crippen MR) is 96.9 cm³/mol. The van der Waals surface area contributed by atoms with Crippen molar-refractivity contribution < 1.29 is 14.3 Å². The van der Waals surface area contributed by atoms with Crippen molar-refractivity contribution >= 4 is 11.6 Å². The van der Waals surface area contributed by atoms with Crippen LogP contribution in [0.3, 0.4) is 0 Å². The number of carbonyl (C=O) groups excluding carboxylic acids is 1. The SMILES string of the molecule is C=CCOc1ccccc1NC(=O)c1ccc(OC(C)CC)cc1. The molecule has 4 nitrogen and oxygen atoms in total. The molecule has 0 saturated carbocycles. The van der Waals surface area contributed by atoms with Crippen molar-refractivity contribution in [2.45, 2.75) is 26.4 Å². The summed E-state index contributed by atoms with van der Waals surface area (Å²) < 4.78 is 11.3. The van der Waals surface area contributed by atoms with Gasteiger partial charge in [-0.2, -0.15) is 0 Å². The Morgan fingerprint density at radius 3 is 2.58 bits per heavy atom. The van der Waals surface area contributed by atoms with Gasteiger partial charge >= 0.3 is 0 Å². The topological polar surface area (TPSA) is 47.6 Å². The number of hydrogen-bond acceptors (Lipinski definition) is 3. The third-order valence-electron chi connectivity index (χ3n) is 3.52. The Kier molecular flexibility index (Phi) is 6.43. The Labute approximate surface area is 143 Å². The molecule has 2 rings (SSSR count). The summed E-state index contributed by atoms with van der Waals surface area (Å²) in [5, 5.41) is 2.87. The van der Waals surface area contributed by atoms with Crippen LogP contribution in [-0.2, 0) is 0 Å². The van der Waals surface area contributed by atoms with Gasteiger partial charge in [-0.1, -0.05) is 31.7 Å². The highest BCUT2D eigenvalue weighted by Crippen LogP contribution is 2.24. The second-order valence-electron chi connectivity index (χ2n) is 5.41. The van der Waals surface area contributed by atoms with Gasteiger partial charge in [0.2, 0.25) is 0 Å². The van der Waals surface area contributed by atoms with E-state index in [1.54, 1.807) is 36.4 Å². The van der Waals surface area contributed by atoms with Crippen LogP contribution < -0.4 is 14.8 Å². The molecular formula is C20H23NO3. The molecule has 0 aliphatic rings. The van der Waals surface area contributed by atoms with Gasteiger partial charge in [-0.15, -0.1) is 0 Å². The third-order valence-corrected chi connectivity index (χ3v) is 3.52. The summed E-state index contributed by atoms with van der Waals surface area (Å²) in [5.41, 5.74) is 1.19. The zero-order valence-corrected chi connectivity index (χ0v) is 14.1. The fourth-order valence-electron chi connectivity index (χ4n) is 2.04. The fourth-order valence-corrected chi connectivity index (χ4v) is 2.04. The standard InChI is InChI=1S/C20H23NO3/c1-4-14-23-19-9-7-6-8-18(19)21-20(22)16-10-12-17(13-11-16)24-15(3)5-2/h4,6-13,15H,1,5,14H2,2-3H3,(H,21,22). The Hall–Kier alpha value is -2.75. The van der Waals surface area contributed by atoms with Gasteiger partial charge in [-0.25, -0.2) is 0 Å². The van der Waals surface area contributed by atoms with Crippen molar-refractivity contribution in [3.63, 3.8) is 0 Å². The third kappa shape index (κ3) is 4.88. The number of amides is 1. The van der Waals surface area contributed by atoms with Gasteiger partial charge in [0, 0.05) is 5.56 Å². The lowest BCUT2D eigenvalue weighted by atomic mass is 10.2. The lowest BCUT2D eigenvalue weighted by Crippen LogP contribution is -2.13. The first-order valence-corrected chi connectivity index (χ1v) is 8.04. The van der Waals surface area contributed by atoms with Crippen LogP contribution in [0, 0.1) is 0 Å². The largest absolute Gasteiger partial charge is 0.491 e. The Balaban J connectivity index is 2.06. The maximum absolute atomic E-state index is 12.4. The molecule has 1 atom stereocenters. The van der Waals surface area contributed by atoms with Crippen molar-refractivity contribution in [1.29, 1.82) is 0 Å². The number of ether oxygens (including phenoxy) is 2. The molecule has 1 amide bonds. The molecule has 4 heteroatoms. The summed E-state index contributed by atoms with van der Waals surface area (Å²) in [7, 11) is 0. The van der Waals surface area contributed by atoms with Crippen LogP contribution in [0.4, 0.5) is 5.69 Å². The Bertz CT molecular complexity index is 680. The molecule has 0 aliphatic carbocycles. The summed E-state index contributed by atoms with van der Waals surface area (Å²) >= 11 is 0. The van der Waals surface area contributed by atoms with Gasteiger partial charge in [0.25, 0.3) is 5.91 Å². The first kappa shape index (κ1) is 17.6. The number of carbonyl (C=O) groups is 1. The van der Waals surface area contributed by atoms with E-state index in [1.807, 2.05) is 25.1 Å². The van der Waals surface area contributed by atoms with Crippen LogP contribution >= 0.6 is 0 Å². The van der Waals surface area contributed by atoms with Gasteiger partial charge in [0.15, 0.2) is 0 Å². The zero-order valence-electron chi connectivity index (χ0n) is 14.1. The van der Waals surface area contributed by atoms with Crippen molar-refractivity contribution in [2.24, 2.45) is 0 Å². The van der Waals surface area contributed by atoms with E-state index in [9.17, 15) is 4.79 Å². The number of rotatable bonds is 8. The summed E-state index contributed by atoms with van der Waals surface area (Å²) in [6.07, 6.45) is 2.75. The second kappa shape index (κ2) is 8.77. The molecule has 1 unspecified atom stereocenters. The van der Waals surface area contributed by atoms with Gasteiger partial charge in [-0.05, 0) is 49.7 Å². The highest BCUT2D eigenvalue weighted by Gasteiger charge is 2.10. The molecule has 0 aromatic heterocycles. The number of benzene rings is 2. The van der Waals surface area contributed by atoms with E-state index in [0.29, 0.717) is 23.6 Å². The highest BCUT2D eigenvalue weighted by atomic mass is 16.5. The molecule has 24 heavy (non-hydrogen) atoms. The molecule has 2 aromatic rings. The van der Waals surface area contributed by atoms with Crippen LogP contribution in [0.1, 0.15) is 30.6 Å². The molecule has 0 saturated heterocycles. The molecule has 2 aromatic carbocycles. The average molecular weight is 325 g/mol. The van der Waals surface area contributed by atoms with E-state index in [-0.39, 0.29) is 12.0 Å². The maximum atomic E-state index is 12.4. The van der Waals surface area contributed by atoms with Gasteiger partial charge in [0.05, 0.1) is 11.8 Å². The fraction of sp³-hybridized carbons (Fsp3) is 0.250. The average Bonchev–Trinajstić information content (AvgIpc) is 2.61. The smallest absolute Gasteiger partial charge is 0.255 e. The zero-order chi connectivity index (χ0) is 17.4. The summed E-state index contributed by atoms with van der Waals surface area (Å²) in [5.74, 6) is 1.18. The Morgan fingerprint density at radius 1 is 1.21 bits per heavy atom. The van der Waals surface area contributed by atoms with E-state index < -0.39 is 0 Å². The number of nitrogens with one attached hydrogen (secondary N) is 1. The van der Waals surface area contributed by atoms with Crippen molar-refractivity contribution in [2.75, 3.05) is 11.9 Å². The van der Waals surface area contributed by atoms with E-state index >= 15 is 0 Å². The van der Waals surface area contributed by atoms with E-state index in [1.165, 1.54) is 0 Å². The summed E-state index contributed by atoms with van der Waals surface area (Å²) in [6.45, 7) is 8.09. The second-order valence-corrected chi connectivity index (χ2v) is 5.41. The number of para-hydroxylation sites is 2. The number of anilines is 1. The monoisotopic (exact) mass is 325 g/mol. The molecule has 0 heterocycles. The van der Waals surface area contributed by atoms with Crippen molar-refractivity contribution in [3.8, 4) is 11.5 Å². The first-order chi connectivity index (χ1) is 11.6. The van der Waals surface area contributed by atoms with Crippen LogP contribution in [0.15, 0.2) is 61.2 Å². The van der Waals surface area contributed by atoms with Gasteiger partial charge < -0.3 is 14.8 Å². The van der Waals surface area contributed by atoms with Crippen LogP contribution in [0.5, 0.6) is 11.5 Å². The summed E-state index contributed by atoms with van der Waals surface area (Å²) in [6, 6.07) is 14.4. The predicted octanol–water partition coefficient (Wildman–Crippen LogP) is 4.68. The molecule has 0 bridgehead atoms. The van der Waals surface area contributed by atoms with E-state index in [2.05, 4.69) is 18.8 Å². The molecule has 0 fully saturated rings. The molecule has 0 spiro atoms. The minimum absolute atomic E-state index is 0.151. The van der Waals surface area contributed by atoms with Crippen molar-refractivity contribution in [3.05, 3.63) is 66.7 Å². The lowest BCUT2D eigenvalue weighted by molar-refractivity contribution is 0.102. The minimum atomic E-state index is -0.195. The molecule has 1 N–H and O–H groups in total. The van der Waals surface area contributed by atoms with Crippen LogP contribution in [-0.4, -0.2) is 18.6 Å². The number of hydrogen-bond donors (Lipinski definition) is 1. The minimum Gasteiger partial charge on any atom is -0.491 e. The first-order valence-electron chi connectivity index (χ1n) is 8.04. The maximum Gasteiger partial charge on any atom is 0.255 e. The Morgan fingerprint density at radius 2 is 1.92 bits per heavy atom. The molecule has 0 aliphatic heterocycles. The summed E-state index contributed by atoms with van der Waals surface area (Å²) in [4.78, 5) is 12.4. The van der Waals surface area contributed by atoms with E-state index in [0.717, 1.165) is 12.2 Å². The van der Waals surface area contributed by atoms with E-state index in [4.69, 9.17) is 9.47 Å². The lowest BCUT2D eigenvalue weighted by Gasteiger charge is -2.13. The van der Waals surface area contributed by atoms with Crippen LogP contribution in [0.2, 0.25) is 0 Å². The van der Waals surface area contributed by atoms with Crippen molar-refractivity contribution in [1.82, 2.24) is 0 Å². The van der Waals surface area contributed by atoms with Gasteiger partial charge in [-0.3, -0.25) is 4.79 Å². The molecular weight excluding hydrogens is 302 g/mol. The highest BCUT2D eigenvalue weighted by molar-refractivity contribution is 6.05.